The summed E-state index contributed by atoms with van der Waals surface area (Å²) in [6, 6.07) is 14.6. The SMILES string of the molecule is NC1c2ccccc2CC1OCc1ccccc1F. The van der Waals surface area contributed by atoms with Crippen LogP contribution in [0, 0.1) is 5.82 Å². The van der Waals surface area contributed by atoms with Crippen LogP contribution in [0.4, 0.5) is 4.39 Å². The van der Waals surface area contributed by atoms with Crippen LogP contribution in [0.2, 0.25) is 0 Å². The van der Waals surface area contributed by atoms with Crippen molar-refractivity contribution in [3.05, 3.63) is 71.0 Å². The second-order valence-corrected chi connectivity index (χ2v) is 4.87. The van der Waals surface area contributed by atoms with Crippen molar-refractivity contribution in [1.82, 2.24) is 0 Å². The lowest BCUT2D eigenvalue weighted by molar-refractivity contribution is 0.0299. The van der Waals surface area contributed by atoms with E-state index in [2.05, 4.69) is 6.07 Å². The summed E-state index contributed by atoms with van der Waals surface area (Å²) in [5.41, 5.74) is 9.12. The van der Waals surface area contributed by atoms with E-state index < -0.39 is 0 Å². The molecule has 1 aliphatic carbocycles. The molecule has 0 aliphatic heterocycles. The summed E-state index contributed by atoms with van der Waals surface area (Å²) in [4.78, 5) is 0. The zero-order valence-electron chi connectivity index (χ0n) is 10.6. The normalized spacial score (nSPS) is 21.4. The lowest BCUT2D eigenvalue weighted by Gasteiger charge is -2.17. The van der Waals surface area contributed by atoms with Gasteiger partial charge in [0.1, 0.15) is 5.82 Å². The molecule has 3 heteroatoms. The number of fused-ring (bicyclic) bond motifs is 1. The smallest absolute Gasteiger partial charge is 0.128 e. The summed E-state index contributed by atoms with van der Waals surface area (Å²) in [6.45, 7) is 0.263. The van der Waals surface area contributed by atoms with Crippen molar-refractivity contribution in [3.8, 4) is 0 Å². The van der Waals surface area contributed by atoms with E-state index in [1.165, 1.54) is 11.6 Å². The number of benzene rings is 2. The average molecular weight is 257 g/mol. The van der Waals surface area contributed by atoms with Gasteiger partial charge in [0.15, 0.2) is 0 Å². The van der Waals surface area contributed by atoms with Gasteiger partial charge >= 0.3 is 0 Å². The zero-order valence-corrected chi connectivity index (χ0v) is 10.6. The maximum absolute atomic E-state index is 13.5. The van der Waals surface area contributed by atoms with Crippen molar-refractivity contribution in [3.63, 3.8) is 0 Å². The Morgan fingerprint density at radius 1 is 1.11 bits per heavy atom. The van der Waals surface area contributed by atoms with Crippen LogP contribution in [0.15, 0.2) is 48.5 Å². The summed E-state index contributed by atoms with van der Waals surface area (Å²) in [6.07, 6.45) is 0.725. The number of ether oxygens (including phenoxy) is 1. The molecule has 0 saturated carbocycles. The van der Waals surface area contributed by atoms with Crippen molar-refractivity contribution in [2.24, 2.45) is 5.73 Å². The Labute approximate surface area is 112 Å². The van der Waals surface area contributed by atoms with E-state index in [0.717, 1.165) is 12.0 Å². The third-order valence-electron chi connectivity index (χ3n) is 3.65. The number of nitrogens with two attached hydrogens (primary N) is 1. The van der Waals surface area contributed by atoms with Crippen LogP contribution in [0.25, 0.3) is 0 Å². The molecule has 0 fully saturated rings. The van der Waals surface area contributed by atoms with Gasteiger partial charge in [-0.05, 0) is 17.2 Å². The van der Waals surface area contributed by atoms with Gasteiger partial charge in [0.25, 0.3) is 0 Å². The molecule has 2 aromatic rings. The van der Waals surface area contributed by atoms with Gasteiger partial charge < -0.3 is 10.5 Å². The Morgan fingerprint density at radius 3 is 2.63 bits per heavy atom. The van der Waals surface area contributed by atoms with Gasteiger partial charge in [0, 0.05) is 12.0 Å². The van der Waals surface area contributed by atoms with E-state index in [4.69, 9.17) is 10.5 Å². The van der Waals surface area contributed by atoms with Gasteiger partial charge in [0.2, 0.25) is 0 Å². The maximum Gasteiger partial charge on any atom is 0.128 e. The minimum atomic E-state index is -0.230. The van der Waals surface area contributed by atoms with Gasteiger partial charge in [-0.25, -0.2) is 4.39 Å². The third-order valence-corrected chi connectivity index (χ3v) is 3.65. The average Bonchev–Trinajstić information content (AvgIpc) is 2.75. The van der Waals surface area contributed by atoms with Crippen molar-refractivity contribution < 1.29 is 9.13 Å². The summed E-state index contributed by atoms with van der Waals surface area (Å²) in [7, 11) is 0. The first kappa shape index (κ1) is 12.3. The van der Waals surface area contributed by atoms with Crippen LogP contribution in [-0.2, 0) is 17.8 Å². The topological polar surface area (TPSA) is 35.2 Å². The van der Waals surface area contributed by atoms with Crippen LogP contribution in [-0.4, -0.2) is 6.10 Å². The van der Waals surface area contributed by atoms with E-state index >= 15 is 0 Å². The standard InChI is InChI=1S/C16H16FNO/c17-14-8-4-2-6-12(14)10-19-15-9-11-5-1-3-7-13(11)16(15)18/h1-8,15-16H,9-10,18H2. The fourth-order valence-electron chi connectivity index (χ4n) is 2.56. The summed E-state index contributed by atoms with van der Waals surface area (Å²) >= 11 is 0. The largest absolute Gasteiger partial charge is 0.371 e. The molecular formula is C16H16FNO. The van der Waals surface area contributed by atoms with E-state index in [9.17, 15) is 4.39 Å². The quantitative estimate of drug-likeness (QED) is 0.917. The fraction of sp³-hybridized carbons (Fsp3) is 0.250. The van der Waals surface area contributed by atoms with Crippen LogP contribution >= 0.6 is 0 Å². The molecule has 0 heterocycles. The highest BCUT2D eigenvalue weighted by molar-refractivity contribution is 5.36. The van der Waals surface area contributed by atoms with Crippen molar-refractivity contribution in [2.75, 3.05) is 0 Å². The Kier molecular flexibility index (Phi) is 3.32. The predicted molar refractivity (Wildman–Crippen MR) is 72.1 cm³/mol. The number of halogens is 1. The molecule has 2 unspecified atom stereocenters. The Morgan fingerprint density at radius 2 is 1.84 bits per heavy atom. The Bertz CT molecular complexity index is 584. The van der Waals surface area contributed by atoms with Gasteiger partial charge in [-0.15, -0.1) is 0 Å². The predicted octanol–water partition coefficient (Wildman–Crippen LogP) is 2.97. The Hall–Kier alpha value is -1.71. The minimum Gasteiger partial charge on any atom is -0.371 e. The zero-order chi connectivity index (χ0) is 13.2. The second-order valence-electron chi connectivity index (χ2n) is 4.87. The van der Waals surface area contributed by atoms with Crippen LogP contribution in [0.1, 0.15) is 22.7 Å². The van der Waals surface area contributed by atoms with E-state index in [1.54, 1.807) is 12.1 Å². The highest BCUT2D eigenvalue weighted by Crippen LogP contribution is 2.31. The van der Waals surface area contributed by atoms with E-state index in [0.29, 0.717) is 5.56 Å². The summed E-state index contributed by atoms with van der Waals surface area (Å²) in [5, 5.41) is 0. The molecule has 0 amide bonds. The number of hydrogen-bond acceptors (Lipinski definition) is 2. The first-order chi connectivity index (χ1) is 9.25. The molecule has 0 spiro atoms. The first-order valence-corrected chi connectivity index (χ1v) is 6.44. The lowest BCUT2D eigenvalue weighted by atomic mass is 10.1. The Balaban J connectivity index is 1.69. The monoisotopic (exact) mass is 257 g/mol. The third kappa shape index (κ3) is 2.39. The fourth-order valence-corrected chi connectivity index (χ4v) is 2.56. The van der Waals surface area contributed by atoms with Gasteiger partial charge in [-0.2, -0.15) is 0 Å². The number of rotatable bonds is 3. The molecule has 2 atom stereocenters. The van der Waals surface area contributed by atoms with E-state index in [1.807, 2.05) is 24.3 Å². The van der Waals surface area contributed by atoms with Crippen LogP contribution in [0.3, 0.4) is 0 Å². The van der Waals surface area contributed by atoms with Crippen LogP contribution < -0.4 is 5.73 Å². The molecule has 2 N–H and O–H groups in total. The first-order valence-electron chi connectivity index (χ1n) is 6.44. The molecule has 0 bridgehead atoms. The van der Waals surface area contributed by atoms with Crippen molar-refractivity contribution in [2.45, 2.75) is 25.2 Å². The summed E-state index contributed by atoms with van der Waals surface area (Å²) in [5.74, 6) is -0.230. The molecule has 2 nitrogen and oxygen atoms in total. The second kappa shape index (κ2) is 5.11. The molecule has 2 aromatic carbocycles. The van der Waals surface area contributed by atoms with Crippen LogP contribution in [0.5, 0.6) is 0 Å². The molecule has 0 radical (unpaired) electrons. The molecule has 19 heavy (non-hydrogen) atoms. The van der Waals surface area contributed by atoms with Gasteiger partial charge in [-0.3, -0.25) is 0 Å². The lowest BCUT2D eigenvalue weighted by Crippen LogP contribution is -2.25. The molecule has 0 aromatic heterocycles. The van der Waals surface area contributed by atoms with Crippen molar-refractivity contribution >= 4 is 0 Å². The highest BCUT2D eigenvalue weighted by Gasteiger charge is 2.30. The molecule has 98 valence electrons. The number of hydrogen-bond donors (Lipinski definition) is 1. The van der Waals surface area contributed by atoms with Gasteiger partial charge in [0.05, 0.1) is 18.8 Å². The summed E-state index contributed by atoms with van der Waals surface area (Å²) < 4.78 is 19.3. The highest BCUT2D eigenvalue weighted by atomic mass is 19.1. The molecule has 0 saturated heterocycles. The maximum atomic E-state index is 13.5. The molecule has 1 aliphatic rings. The minimum absolute atomic E-state index is 0.0722. The molecule has 3 rings (SSSR count). The van der Waals surface area contributed by atoms with E-state index in [-0.39, 0.29) is 24.6 Å². The van der Waals surface area contributed by atoms with Crippen molar-refractivity contribution in [1.29, 1.82) is 0 Å². The van der Waals surface area contributed by atoms with Gasteiger partial charge in [-0.1, -0.05) is 42.5 Å². The molecular weight excluding hydrogens is 241 g/mol.